The summed E-state index contributed by atoms with van der Waals surface area (Å²) in [6.45, 7) is 0.716. The Morgan fingerprint density at radius 1 is 1.12 bits per heavy atom. The van der Waals surface area contributed by atoms with Crippen molar-refractivity contribution in [1.82, 2.24) is 10.2 Å². The van der Waals surface area contributed by atoms with E-state index in [9.17, 15) is 0 Å². The SMILES string of the molecule is NCCCc1nnc(CSc2ccccc2)s1. The van der Waals surface area contributed by atoms with Crippen LogP contribution in [0.1, 0.15) is 16.4 Å². The first-order valence-corrected chi connectivity index (χ1v) is 7.38. The minimum atomic E-state index is 0.716. The largest absolute Gasteiger partial charge is 0.330 e. The van der Waals surface area contributed by atoms with Gasteiger partial charge in [-0.05, 0) is 25.1 Å². The molecule has 2 rings (SSSR count). The molecule has 2 N–H and O–H groups in total. The van der Waals surface area contributed by atoms with Gasteiger partial charge in [-0.2, -0.15) is 0 Å². The highest BCUT2D eigenvalue weighted by Crippen LogP contribution is 2.24. The zero-order chi connectivity index (χ0) is 11.9. The number of benzene rings is 1. The molecule has 0 fully saturated rings. The Bertz CT molecular complexity index is 442. The number of hydrogen-bond acceptors (Lipinski definition) is 5. The second kappa shape index (κ2) is 6.74. The lowest BCUT2D eigenvalue weighted by Crippen LogP contribution is -1.99. The van der Waals surface area contributed by atoms with E-state index >= 15 is 0 Å². The van der Waals surface area contributed by atoms with Crippen LogP contribution in [0.4, 0.5) is 0 Å². The molecule has 2 aromatic rings. The van der Waals surface area contributed by atoms with Crippen LogP contribution in [0.2, 0.25) is 0 Å². The maximum atomic E-state index is 5.47. The third kappa shape index (κ3) is 4.11. The molecule has 0 saturated heterocycles. The highest BCUT2D eigenvalue weighted by atomic mass is 32.2. The molecule has 90 valence electrons. The van der Waals surface area contributed by atoms with Crippen molar-refractivity contribution in [2.24, 2.45) is 5.73 Å². The minimum absolute atomic E-state index is 0.716. The Hall–Kier alpha value is -0.910. The van der Waals surface area contributed by atoms with Crippen LogP contribution in [-0.2, 0) is 12.2 Å². The van der Waals surface area contributed by atoms with Gasteiger partial charge in [0.05, 0.1) is 5.75 Å². The maximum Gasteiger partial charge on any atom is 0.127 e. The number of thioether (sulfide) groups is 1. The molecule has 0 spiro atoms. The van der Waals surface area contributed by atoms with Crippen LogP contribution in [0.5, 0.6) is 0 Å². The molecule has 1 aromatic carbocycles. The molecule has 1 aromatic heterocycles. The van der Waals surface area contributed by atoms with Crippen LogP contribution in [-0.4, -0.2) is 16.7 Å². The molecule has 17 heavy (non-hydrogen) atoms. The third-order valence-electron chi connectivity index (χ3n) is 2.21. The predicted octanol–water partition coefficient (Wildman–Crippen LogP) is 2.72. The molecule has 0 radical (unpaired) electrons. The smallest absolute Gasteiger partial charge is 0.127 e. The van der Waals surface area contributed by atoms with Crippen molar-refractivity contribution in [3.05, 3.63) is 40.3 Å². The number of nitrogens with two attached hydrogens (primary N) is 1. The highest BCUT2D eigenvalue weighted by Gasteiger charge is 2.04. The Morgan fingerprint density at radius 2 is 1.88 bits per heavy atom. The van der Waals surface area contributed by atoms with E-state index in [0.29, 0.717) is 6.54 Å². The van der Waals surface area contributed by atoms with Crippen molar-refractivity contribution >= 4 is 23.1 Å². The summed E-state index contributed by atoms with van der Waals surface area (Å²) in [4.78, 5) is 1.27. The van der Waals surface area contributed by atoms with Crippen LogP contribution in [0.25, 0.3) is 0 Å². The van der Waals surface area contributed by atoms with E-state index in [2.05, 4.69) is 34.5 Å². The molecule has 0 unspecified atom stereocenters. The summed E-state index contributed by atoms with van der Waals surface area (Å²) >= 11 is 3.49. The van der Waals surface area contributed by atoms with E-state index in [0.717, 1.165) is 28.6 Å². The summed E-state index contributed by atoms with van der Waals surface area (Å²) in [5.74, 6) is 0.893. The van der Waals surface area contributed by atoms with Gasteiger partial charge >= 0.3 is 0 Å². The molecular weight excluding hydrogens is 250 g/mol. The Labute approximate surface area is 109 Å². The fraction of sp³-hybridized carbons (Fsp3) is 0.333. The molecule has 0 atom stereocenters. The number of aromatic nitrogens is 2. The molecule has 1 heterocycles. The van der Waals surface area contributed by atoms with Gasteiger partial charge in [0.15, 0.2) is 0 Å². The average molecular weight is 265 g/mol. The average Bonchev–Trinajstić information content (AvgIpc) is 2.83. The van der Waals surface area contributed by atoms with Gasteiger partial charge in [-0.3, -0.25) is 0 Å². The molecule has 3 nitrogen and oxygen atoms in total. The summed E-state index contributed by atoms with van der Waals surface area (Å²) in [6.07, 6.45) is 1.94. The molecule has 0 aliphatic rings. The molecule has 0 saturated carbocycles. The molecule has 5 heteroatoms. The van der Waals surface area contributed by atoms with Gasteiger partial charge < -0.3 is 5.73 Å². The van der Waals surface area contributed by atoms with Gasteiger partial charge in [0, 0.05) is 11.3 Å². The van der Waals surface area contributed by atoms with Crippen molar-refractivity contribution in [2.75, 3.05) is 6.54 Å². The van der Waals surface area contributed by atoms with E-state index in [1.54, 1.807) is 23.1 Å². The van der Waals surface area contributed by atoms with Gasteiger partial charge in [-0.25, -0.2) is 0 Å². The summed E-state index contributed by atoms with van der Waals surface area (Å²) in [6, 6.07) is 10.4. The minimum Gasteiger partial charge on any atom is -0.330 e. The second-order valence-electron chi connectivity index (χ2n) is 3.58. The summed E-state index contributed by atoms with van der Waals surface area (Å²) < 4.78 is 0. The molecule has 0 amide bonds. The maximum absolute atomic E-state index is 5.47. The predicted molar refractivity (Wildman–Crippen MR) is 73.3 cm³/mol. The van der Waals surface area contributed by atoms with Gasteiger partial charge in [0.1, 0.15) is 10.0 Å². The normalized spacial score (nSPS) is 10.6. The molecule has 0 aliphatic heterocycles. The van der Waals surface area contributed by atoms with E-state index in [1.165, 1.54) is 4.90 Å². The molecular formula is C12H15N3S2. The van der Waals surface area contributed by atoms with E-state index < -0.39 is 0 Å². The third-order valence-corrected chi connectivity index (χ3v) is 4.40. The van der Waals surface area contributed by atoms with Crippen molar-refractivity contribution in [3.63, 3.8) is 0 Å². The second-order valence-corrected chi connectivity index (χ2v) is 5.78. The van der Waals surface area contributed by atoms with Crippen LogP contribution in [0, 0.1) is 0 Å². The summed E-state index contributed by atoms with van der Waals surface area (Å²) in [7, 11) is 0. The van der Waals surface area contributed by atoms with Gasteiger partial charge in [0.2, 0.25) is 0 Å². The van der Waals surface area contributed by atoms with E-state index in [4.69, 9.17) is 5.73 Å². The lowest BCUT2D eigenvalue weighted by Gasteiger charge is -1.96. The van der Waals surface area contributed by atoms with Crippen molar-refractivity contribution in [2.45, 2.75) is 23.5 Å². The zero-order valence-electron chi connectivity index (χ0n) is 9.50. The van der Waals surface area contributed by atoms with Gasteiger partial charge in [0.25, 0.3) is 0 Å². The quantitative estimate of drug-likeness (QED) is 0.816. The van der Waals surface area contributed by atoms with Crippen molar-refractivity contribution in [1.29, 1.82) is 0 Å². The first-order valence-electron chi connectivity index (χ1n) is 5.57. The zero-order valence-corrected chi connectivity index (χ0v) is 11.1. The van der Waals surface area contributed by atoms with Crippen molar-refractivity contribution in [3.8, 4) is 0 Å². The lowest BCUT2D eigenvalue weighted by molar-refractivity contribution is 0.810. The van der Waals surface area contributed by atoms with Crippen LogP contribution in [0.15, 0.2) is 35.2 Å². The number of rotatable bonds is 6. The van der Waals surface area contributed by atoms with Crippen LogP contribution >= 0.6 is 23.1 Å². The van der Waals surface area contributed by atoms with Crippen LogP contribution < -0.4 is 5.73 Å². The number of aryl methyl sites for hydroxylation is 1. The Balaban J connectivity index is 1.85. The van der Waals surface area contributed by atoms with Gasteiger partial charge in [-0.1, -0.05) is 18.2 Å². The molecule has 0 aliphatic carbocycles. The summed E-state index contributed by atoms with van der Waals surface area (Å²) in [5.41, 5.74) is 5.47. The monoisotopic (exact) mass is 265 g/mol. The summed E-state index contributed by atoms with van der Waals surface area (Å²) in [5, 5.41) is 10.5. The van der Waals surface area contributed by atoms with Crippen molar-refractivity contribution < 1.29 is 0 Å². The molecule has 0 bridgehead atoms. The number of nitrogens with zero attached hydrogens (tertiary/aromatic N) is 2. The topological polar surface area (TPSA) is 51.8 Å². The van der Waals surface area contributed by atoms with E-state index in [1.807, 2.05) is 6.07 Å². The Morgan fingerprint density at radius 3 is 2.65 bits per heavy atom. The fourth-order valence-electron chi connectivity index (χ4n) is 1.36. The van der Waals surface area contributed by atoms with Gasteiger partial charge in [-0.15, -0.1) is 33.3 Å². The first kappa shape index (κ1) is 12.5. The number of hydrogen-bond donors (Lipinski definition) is 1. The fourth-order valence-corrected chi connectivity index (χ4v) is 3.15. The Kier molecular flexibility index (Phi) is 4.97. The highest BCUT2D eigenvalue weighted by molar-refractivity contribution is 7.98. The van der Waals surface area contributed by atoms with Crippen LogP contribution in [0.3, 0.4) is 0 Å². The first-order chi connectivity index (χ1) is 8.38. The standard InChI is InChI=1S/C12H15N3S2/c13-8-4-7-11-14-15-12(17-11)9-16-10-5-2-1-3-6-10/h1-3,5-6H,4,7-9,13H2. The lowest BCUT2D eigenvalue weighted by atomic mass is 10.3. The van der Waals surface area contributed by atoms with E-state index in [-0.39, 0.29) is 0 Å².